The molecule has 2 N–H and O–H groups in total. The largest absolute Gasteiger partial charge is 0.239 e. The van der Waals surface area contributed by atoms with Crippen LogP contribution in [0, 0.1) is 0 Å². The Kier molecular flexibility index (Phi) is 3.51. The first kappa shape index (κ1) is 12.2. The predicted molar refractivity (Wildman–Crippen MR) is 68.4 cm³/mol. The van der Waals surface area contributed by atoms with E-state index in [1.165, 1.54) is 17.8 Å². The van der Waals surface area contributed by atoms with E-state index in [-0.39, 0.29) is 4.90 Å². The van der Waals surface area contributed by atoms with Gasteiger partial charge in [-0.05, 0) is 24.3 Å². The van der Waals surface area contributed by atoms with Gasteiger partial charge in [0.2, 0.25) is 10.0 Å². The third kappa shape index (κ3) is 3.09. The van der Waals surface area contributed by atoms with E-state index < -0.39 is 10.0 Å². The number of hydrogen-bond donors (Lipinski definition) is 1. The van der Waals surface area contributed by atoms with E-state index in [1.807, 2.05) is 30.3 Å². The topological polar surface area (TPSA) is 60.2 Å². The first-order valence-corrected chi connectivity index (χ1v) is 7.28. The lowest BCUT2D eigenvalue weighted by molar-refractivity contribution is 0.596. The van der Waals surface area contributed by atoms with E-state index in [1.54, 1.807) is 18.2 Å². The molecule has 0 amide bonds. The summed E-state index contributed by atoms with van der Waals surface area (Å²) in [7, 11) is -3.67. The molecule has 0 aliphatic rings. The minimum Gasteiger partial charge on any atom is -0.225 e. The predicted octanol–water partition coefficient (Wildman–Crippen LogP) is 2.49. The molecule has 0 aromatic heterocycles. The molecule has 0 radical (unpaired) electrons. The second-order valence-corrected chi connectivity index (χ2v) is 6.05. The maximum Gasteiger partial charge on any atom is 0.239 e. The summed E-state index contributed by atoms with van der Waals surface area (Å²) in [5.41, 5.74) is 0. The molecule has 0 heterocycles. The number of primary sulfonamides is 1. The van der Waals surface area contributed by atoms with Crippen molar-refractivity contribution in [1.82, 2.24) is 0 Å². The first-order chi connectivity index (χ1) is 8.07. The molecule has 0 saturated carbocycles. The summed E-state index contributed by atoms with van der Waals surface area (Å²) in [5, 5.41) is 5.17. The monoisotopic (exact) mass is 265 g/mol. The molecule has 0 unspecified atom stereocenters. The molecule has 0 spiro atoms. The van der Waals surface area contributed by atoms with Gasteiger partial charge in [0.05, 0.1) is 4.90 Å². The number of rotatable bonds is 3. The van der Waals surface area contributed by atoms with Gasteiger partial charge in [-0.15, -0.1) is 0 Å². The van der Waals surface area contributed by atoms with Gasteiger partial charge in [0.25, 0.3) is 0 Å². The molecule has 0 atom stereocenters. The lowest BCUT2D eigenvalue weighted by Gasteiger charge is -2.06. The van der Waals surface area contributed by atoms with Crippen molar-refractivity contribution in [2.75, 3.05) is 0 Å². The van der Waals surface area contributed by atoms with E-state index in [2.05, 4.69) is 0 Å². The third-order valence-electron chi connectivity index (χ3n) is 2.13. The third-order valence-corrected chi connectivity index (χ3v) is 4.31. The summed E-state index contributed by atoms with van der Waals surface area (Å²) < 4.78 is 22.8. The van der Waals surface area contributed by atoms with Crippen LogP contribution in [0.5, 0.6) is 0 Å². The van der Waals surface area contributed by atoms with Crippen LogP contribution in [0.15, 0.2) is 69.3 Å². The van der Waals surface area contributed by atoms with Crippen molar-refractivity contribution in [1.29, 1.82) is 0 Å². The molecule has 2 rings (SSSR count). The summed E-state index contributed by atoms with van der Waals surface area (Å²) in [5.74, 6) is 0. The highest BCUT2D eigenvalue weighted by molar-refractivity contribution is 8.00. The zero-order valence-corrected chi connectivity index (χ0v) is 10.5. The molecule has 0 aliphatic carbocycles. The smallest absolute Gasteiger partial charge is 0.225 e. The highest BCUT2D eigenvalue weighted by atomic mass is 32.2. The second kappa shape index (κ2) is 4.91. The molecule has 0 fully saturated rings. The van der Waals surface area contributed by atoms with Gasteiger partial charge in [0.15, 0.2) is 0 Å². The van der Waals surface area contributed by atoms with Gasteiger partial charge in [-0.2, -0.15) is 0 Å². The molecule has 2 aromatic carbocycles. The van der Waals surface area contributed by atoms with Crippen molar-refractivity contribution < 1.29 is 8.42 Å². The number of sulfonamides is 1. The Morgan fingerprint density at radius 3 is 2.12 bits per heavy atom. The fraction of sp³-hybridized carbons (Fsp3) is 0. The highest BCUT2D eigenvalue weighted by Crippen LogP contribution is 2.31. The van der Waals surface area contributed by atoms with Gasteiger partial charge in [0, 0.05) is 9.79 Å². The molecule has 88 valence electrons. The fourth-order valence-electron chi connectivity index (χ4n) is 1.39. The zero-order chi connectivity index (χ0) is 12.3. The molecular formula is C12H11NO2S2. The van der Waals surface area contributed by atoms with Crippen molar-refractivity contribution in [3.05, 3.63) is 54.6 Å². The average Bonchev–Trinajstić information content (AvgIpc) is 2.30. The quantitative estimate of drug-likeness (QED) is 0.927. The molecule has 3 nitrogen and oxygen atoms in total. The number of benzene rings is 2. The summed E-state index contributed by atoms with van der Waals surface area (Å²) >= 11 is 1.38. The standard InChI is InChI=1S/C12H11NO2S2/c13-17(14,15)12-9-5-4-8-11(12)16-10-6-2-1-3-7-10/h1-9H,(H2,13,14,15). The van der Waals surface area contributed by atoms with Gasteiger partial charge < -0.3 is 0 Å². The van der Waals surface area contributed by atoms with Crippen LogP contribution < -0.4 is 5.14 Å². The van der Waals surface area contributed by atoms with Gasteiger partial charge in [-0.1, -0.05) is 42.1 Å². The Bertz CT molecular complexity index is 609. The number of nitrogens with two attached hydrogens (primary N) is 1. The van der Waals surface area contributed by atoms with E-state index in [0.29, 0.717) is 4.90 Å². The lowest BCUT2D eigenvalue weighted by Crippen LogP contribution is -2.13. The maximum atomic E-state index is 11.4. The Balaban J connectivity index is 2.41. The van der Waals surface area contributed by atoms with Crippen molar-refractivity contribution in [2.45, 2.75) is 14.7 Å². The average molecular weight is 265 g/mol. The van der Waals surface area contributed by atoms with Crippen LogP contribution in [0.25, 0.3) is 0 Å². The number of hydrogen-bond acceptors (Lipinski definition) is 3. The Morgan fingerprint density at radius 1 is 0.882 bits per heavy atom. The lowest BCUT2D eigenvalue weighted by atomic mass is 10.4. The van der Waals surface area contributed by atoms with Crippen LogP contribution in [0.4, 0.5) is 0 Å². The first-order valence-electron chi connectivity index (χ1n) is 4.92. The van der Waals surface area contributed by atoms with E-state index in [4.69, 9.17) is 5.14 Å². The molecule has 0 bridgehead atoms. The van der Waals surface area contributed by atoms with Gasteiger partial charge in [0.1, 0.15) is 0 Å². The van der Waals surface area contributed by atoms with Crippen molar-refractivity contribution in [2.24, 2.45) is 5.14 Å². The van der Waals surface area contributed by atoms with E-state index in [9.17, 15) is 8.42 Å². The summed E-state index contributed by atoms with van der Waals surface area (Å²) in [6.45, 7) is 0. The Hall–Kier alpha value is -1.30. The Morgan fingerprint density at radius 2 is 1.47 bits per heavy atom. The van der Waals surface area contributed by atoms with Gasteiger partial charge in [-0.3, -0.25) is 0 Å². The second-order valence-electron chi connectivity index (χ2n) is 3.41. The van der Waals surface area contributed by atoms with Crippen LogP contribution in [0.2, 0.25) is 0 Å². The van der Waals surface area contributed by atoms with Crippen LogP contribution in [-0.4, -0.2) is 8.42 Å². The molecule has 2 aromatic rings. The molecule has 0 aliphatic heterocycles. The van der Waals surface area contributed by atoms with E-state index in [0.717, 1.165) is 4.90 Å². The fourth-order valence-corrected chi connectivity index (χ4v) is 3.34. The van der Waals surface area contributed by atoms with Crippen LogP contribution in [0.1, 0.15) is 0 Å². The SMILES string of the molecule is NS(=O)(=O)c1ccccc1Sc1ccccc1. The van der Waals surface area contributed by atoms with E-state index >= 15 is 0 Å². The Labute approximate surface area is 105 Å². The van der Waals surface area contributed by atoms with Gasteiger partial charge in [-0.25, -0.2) is 13.6 Å². The summed E-state index contributed by atoms with van der Waals surface area (Å²) in [6, 6.07) is 16.3. The minimum absolute atomic E-state index is 0.161. The normalized spacial score (nSPS) is 11.4. The summed E-state index contributed by atoms with van der Waals surface area (Å²) in [4.78, 5) is 1.78. The van der Waals surface area contributed by atoms with Crippen molar-refractivity contribution in [3.63, 3.8) is 0 Å². The highest BCUT2D eigenvalue weighted by Gasteiger charge is 2.13. The van der Waals surface area contributed by atoms with Crippen LogP contribution in [-0.2, 0) is 10.0 Å². The van der Waals surface area contributed by atoms with Gasteiger partial charge >= 0.3 is 0 Å². The molecular weight excluding hydrogens is 254 g/mol. The molecule has 17 heavy (non-hydrogen) atoms. The molecule has 0 saturated heterocycles. The minimum atomic E-state index is -3.67. The van der Waals surface area contributed by atoms with Crippen molar-refractivity contribution in [3.8, 4) is 0 Å². The van der Waals surface area contributed by atoms with Crippen LogP contribution >= 0.6 is 11.8 Å². The van der Waals surface area contributed by atoms with Crippen molar-refractivity contribution >= 4 is 21.8 Å². The summed E-state index contributed by atoms with van der Waals surface area (Å²) in [6.07, 6.45) is 0. The molecule has 5 heteroatoms. The maximum absolute atomic E-state index is 11.4. The van der Waals surface area contributed by atoms with Crippen LogP contribution in [0.3, 0.4) is 0 Å². The zero-order valence-electron chi connectivity index (χ0n) is 8.91.